The summed E-state index contributed by atoms with van der Waals surface area (Å²) in [6.07, 6.45) is 0.541. The Hall–Kier alpha value is -4.66. The molecule has 0 fully saturated rings. The van der Waals surface area contributed by atoms with Crippen LogP contribution < -0.4 is 15.8 Å². The maximum absolute atomic E-state index is 12.4. The van der Waals surface area contributed by atoms with Crippen molar-refractivity contribution >= 4 is 17.4 Å². The van der Waals surface area contributed by atoms with Gasteiger partial charge in [0.25, 0.3) is 11.6 Å². The second kappa shape index (κ2) is 8.12. The summed E-state index contributed by atoms with van der Waals surface area (Å²) in [5.74, 6) is 1.21. The van der Waals surface area contributed by atoms with Gasteiger partial charge in [-0.2, -0.15) is 5.10 Å². The first-order chi connectivity index (χ1) is 16.0. The first-order valence-corrected chi connectivity index (χ1v) is 10.3. The van der Waals surface area contributed by atoms with Crippen molar-refractivity contribution in [3.8, 4) is 28.4 Å². The summed E-state index contributed by atoms with van der Waals surface area (Å²) in [6, 6.07) is 21.2. The van der Waals surface area contributed by atoms with Gasteiger partial charge in [0, 0.05) is 24.2 Å². The van der Waals surface area contributed by atoms with Gasteiger partial charge in [-0.1, -0.05) is 18.2 Å². The van der Waals surface area contributed by atoms with Gasteiger partial charge >= 0.3 is 0 Å². The fraction of sp³-hybridized carbons (Fsp3) is 0.0833. The SMILES string of the molecule is NC(=O)c1c(-c2ccc(Oc3ccccc3)cc2)nn2c1NCCc1cc([N+](=O)[O-])ccc1-2. The van der Waals surface area contributed by atoms with Gasteiger partial charge in [-0.15, -0.1) is 0 Å². The van der Waals surface area contributed by atoms with E-state index in [9.17, 15) is 14.9 Å². The topological polar surface area (TPSA) is 125 Å². The third-order valence-electron chi connectivity index (χ3n) is 5.43. The third-order valence-corrected chi connectivity index (χ3v) is 5.43. The van der Waals surface area contributed by atoms with Crippen molar-refractivity contribution in [3.63, 3.8) is 0 Å². The number of carbonyl (C=O) groups excluding carboxylic acids is 1. The highest BCUT2D eigenvalue weighted by Gasteiger charge is 2.27. The molecule has 164 valence electrons. The smallest absolute Gasteiger partial charge is 0.269 e. The molecule has 0 bridgehead atoms. The van der Waals surface area contributed by atoms with E-state index in [0.29, 0.717) is 47.2 Å². The first-order valence-electron chi connectivity index (χ1n) is 10.3. The Morgan fingerprint density at radius 1 is 1.06 bits per heavy atom. The van der Waals surface area contributed by atoms with Gasteiger partial charge in [0.15, 0.2) is 0 Å². The van der Waals surface area contributed by atoms with Crippen molar-refractivity contribution in [1.82, 2.24) is 9.78 Å². The second-order valence-corrected chi connectivity index (χ2v) is 7.53. The first kappa shape index (κ1) is 20.3. The van der Waals surface area contributed by atoms with Crippen LogP contribution >= 0.6 is 0 Å². The molecule has 33 heavy (non-hydrogen) atoms. The van der Waals surface area contributed by atoms with Crippen molar-refractivity contribution in [2.45, 2.75) is 6.42 Å². The average molecular weight is 441 g/mol. The van der Waals surface area contributed by atoms with Crippen molar-refractivity contribution in [3.05, 3.63) is 94.0 Å². The molecule has 0 saturated carbocycles. The Morgan fingerprint density at radius 2 is 1.79 bits per heavy atom. The zero-order chi connectivity index (χ0) is 22.9. The number of aromatic nitrogens is 2. The molecule has 9 heteroatoms. The van der Waals surface area contributed by atoms with E-state index in [1.165, 1.54) is 12.1 Å². The molecule has 4 aromatic rings. The number of amides is 1. The molecule has 0 saturated heterocycles. The van der Waals surface area contributed by atoms with E-state index in [1.807, 2.05) is 42.5 Å². The van der Waals surface area contributed by atoms with Crippen LogP contribution in [0.15, 0.2) is 72.8 Å². The lowest BCUT2D eigenvalue weighted by molar-refractivity contribution is -0.384. The number of hydrogen-bond acceptors (Lipinski definition) is 6. The van der Waals surface area contributed by atoms with E-state index in [2.05, 4.69) is 10.4 Å². The molecule has 0 aliphatic carbocycles. The van der Waals surface area contributed by atoms with Crippen molar-refractivity contribution in [2.75, 3.05) is 11.9 Å². The lowest BCUT2D eigenvalue weighted by atomic mass is 10.1. The van der Waals surface area contributed by atoms with Gasteiger partial charge in [0.2, 0.25) is 0 Å². The zero-order valence-electron chi connectivity index (χ0n) is 17.4. The van der Waals surface area contributed by atoms with Gasteiger partial charge < -0.3 is 15.8 Å². The van der Waals surface area contributed by atoms with Gasteiger partial charge in [0.05, 0.1) is 10.6 Å². The molecule has 1 aliphatic rings. The summed E-state index contributed by atoms with van der Waals surface area (Å²) in [5, 5.41) is 19.1. The summed E-state index contributed by atoms with van der Waals surface area (Å²) in [6.45, 7) is 0.476. The van der Waals surface area contributed by atoms with Crippen LogP contribution in [0.1, 0.15) is 15.9 Å². The predicted molar refractivity (Wildman–Crippen MR) is 123 cm³/mol. The third kappa shape index (κ3) is 3.76. The number of carbonyl (C=O) groups is 1. The molecule has 9 nitrogen and oxygen atoms in total. The van der Waals surface area contributed by atoms with Crippen LogP contribution in [-0.4, -0.2) is 27.2 Å². The lowest BCUT2D eigenvalue weighted by Gasteiger charge is -2.07. The fourth-order valence-electron chi connectivity index (χ4n) is 3.90. The lowest BCUT2D eigenvalue weighted by Crippen LogP contribution is -2.15. The molecule has 3 aromatic carbocycles. The van der Waals surface area contributed by atoms with E-state index >= 15 is 0 Å². The van der Waals surface area contributed by atoms with Crippen molar-refractivity contribution in [2.24, 2.45) is 5.73 Å². The van der Waals surface area contributed by atoms with Crippen LogP contribution in [0.25, 0.3) is 16.9 Å². The number of nitrogens with one attached hydrogen (secondary N) is 1. The normalized spacial score (nSPS) is 12.1. The summed E-state index contributed by atoms with van der Waals surface area (Å²) >= 11 is 0. The number of anilines is 1. The summed E-state index contributed by atoms with van der Waals surface area (Å²) in [4.78, 5) is 23.2. The number of nitro benzene ring substituents is 1. The Labute approximate surface area is 188 Å². The van der Waals surface area contributed by atoms with Gasteiger partial charge in [-0.05, 0) is 54.4 Å². The highest BCUT2D eigenvalue weighted by Crippen LogP contribution is 2.35. The van der Waals surface area contributed by atoms with E-state index in [0.717, 1.165) is 5.56 Å². The van der Waals surface area contributed by atoms with E-state index in [4.69, 9.17) is 10.5 Å². The number of nitro groups is 1. The zero-order valence-corrected chi connectivity index (χ0v) is 17.4. The number of fused-ring (bicyclic) bond motifs is 3. The second-order valence-electron chi connectivity index (χ2n) is 7.53. The Morgan fingerprint density at radius 3 is 2.48 bits per heavy atom. The minimum atomic E-state index is -0.617. The van der Waals surface area contributed by atoms with Gasteiger partial charge in [-0.25, -0.2) is 4.68 Å². The van der Waals surface area contributed by atoms with Gasteiger partial charge in [0.1, 0.15) is 28.6 Å². The van der Waals surface area contributed by atoms with Crippen LogP contribution in [-0.2, 0) is 6.42 Å². The van der Waals surface area contributed by atoms with Crippen LogP contribution in [0.2, 0.25) is 0 Å². The minimum absolute atomic E-state index is 0.00806. The number of hydrogen-bond donors (Lipinski definition) is 2. The number of benzene rings is 3. The molecule has 0 radical (unpaired) electrons. The van der Waals surface area contributed by atoms with E-state index in [-0.39, 0.29) is 11.3 Å². The predicted octanol–water partition coefficient (Wildman–Crippen LogP) is 4.31. The van der Waals surface area contributed by atoms with E-state index < -0.39 is 10.8 Å². The Balaban J connectivity index is 1.57. The summed E-state index contributed by atoms with van der Waals surface area (Å²) in [5.41, 5.74) is 8.54. The number of para-hydroxylation sites is 1. The number of nitrogens with two attached hydrogens (primary N) is 1. The van der Waals surface area contributed by atoms with Crippen molar-refractivity contribution < 1.29 is 14.5 Å². The monoisotopic (exact) mass is 441 g/mol. The summed E-state index contributed by atoms with van der Waals surface area (Å²) < 4.78 is 7.43. The summed E-state index contributed by atoms with van der Waals surface area (Å²) in [7, 11) is 0. The Kier molecular flexibility index (Phi) is 4.98. The van der Waals surface area contributed by atoms with Crippen LogP contribution in [0.4, 0.5) is 11.5 Å². The molecule has 1 aromatic heterocycles. The highest BCUT2D eigenvalue weighted by atomic mass is 16.6. The molecule has 1 amide bonds. The molecule has 0 unspecified atom stereocenters. The highest BCUT2D eigenvalue weighted by molar-refractivity contribution is 6.04. The number of primary amides is 1. The maximum Gasteiger partial charge on any atom is 0.269 e. The molecule has 0 spiro atoms. The largest absolute Gasteiger partial charge is 0.457 e. The molecule has 3 N–H and O–H groups in total. The fourth-order valence-corrected chi connectivity index (χ4v) is 3.90. The molecule has 5 rings (SSSR count). The number of nitrogens with zero attached hydrogens (tertiary/aromatic N) is 3. The van der Waals surface area contributed by atoms with Gasteiger partial charge in [-0.3, -0.25) is 14.9 Å². The van der Waals surface area contributed by atoms with Crippen LogP contribution in [0.3, 0.4) is 0 Å². The van der Waals surface area contributed by atoms with Crippen LogP contribution in [0, 0.1) is 10.1 Å². The average Bonchev–Trinajstić information content (AvgIpc) is 3.10. The van der Waals surface area contributed by atoms with E-state index in [1.54, 1.807) is 22.9 Å². The van der Waals surface area contributed by atoms with Crippen molar-refractivity contribution in [1.29, 1.82) is 0 Å². The number of ether oxygens (including phenoxy) is 1. The molecule has 2 heterocycles. The molecular weight excluding hydrogens is 422 g/mol. The molecule has 1 aliphatic heterocycles. The standard InChI is InChI=1S/C24H19N5O4/c25-23(30)21-22(15-6-9-19(10-7-15)33-18-4-2-1-3-5-18)27-28-20-11-8-17(29(31)32)14-16(20)12-13-26-24(21)28/h1-11,14,26H,12-13H2,(H2,25,30). The molecule has 0 atom stereocenters. The Bertz CT molecular complexity index is 1360. The van der Waals surface area contributed by atoms with Crippen LogP contribution in [0.5, 0.6) is 11.5 Å². The maximum atomic E-state index is 12.4. The minimum Gasteiger partial charge on any atom is -0.457 e. The number of non-ortho nitro benzene ring substituents is 1. The molecular formula is C24H19N5O4. The quantitative estimate of drug-likeness (QED) is 0.351. The number of rotatable bonds is 5.